The van der Waals surface area contributed by atoms with Gasteiger partial charge in [-0.1, -0.05) is 19.3 Å². The molecule has 1 saturated carbocycles. The molecule has 58 valence electrons. The van der Waals surface area contributed by atoms with Crippen LogP contribution in [0.15, 0.2) is 0 Å². The molecular formula is C7H12O2S. The fourth-order valence-electron chi connectivity index (χ4n) is 1.35. The van der Waals surface area contributed by atoms with Crippen LogP contribution < -0.4 is 0 Å². The number of carbonyl (C=O) groups is 1. The Morgan fingerprint density at radius 2 is 1.80 bits per heavy atom. The largest absolute Gasteiger partial charge is 0.480 e. The van der Waals surface area contributed by atoms with E-state index in [1.165, 1.54) is 0 Å². The Morgan fingerprint density at radius 1 is 1.30 bits per heavy atom. The Labute approximate surface area is 66.0 Å². The highest BCUT2D eigenvalue weighted by atomic mass is 32.1. The van der Waals surface area contributed by atoms with Crippen molar-refractivity contribution in [1.29, 1.82) is 0 Å². The standard InChI is InChI=1S/C7H12O2S/c8-6(9)7(10)4-2-1-3-5-7/h10H,1-5H2,(H,8,9). The van der Waals surface area contributed by atoms with Crippen molar-refractivity contribution >= 4 is 18.6 Å². The van der Waals surface area contributed by atoms with Gasteiger partial charge in [0.25, 0.3) is 0 Å². The molecule has 1 fully saturated rings. The first kappa shape index (κ1) is 7.92. The van der Waals surface area contributed by atoms with Gasteiger partial charge in [0.15, 0.2) is 0 Å². The Morgan fingerprint density at radius 3 is 2.10 bits per heavy atom. The molecule has 3 heteroatoms. The zero-order valence-corrected chi connectivity index (χ0v) is 6.73. The molecule has 0 aromatic heterocycles. The number of rotatable bonds is 1. The summed E-state index contributed by atoms with van der Waals surface area (Å²) in [7, 11) is 0. The van der Waals surface area contributed by atoms with Crippen molar-refractivity contribution in [1.82, 2.24) is 0 Å². The van der Waals surface area contributed by atoms with Crippen LogP contribution in [0.3, 0.4) is 0 Å². The topological polar surface area (TPSA) is 37.3 Å². The Kier molecular flexibility index (Phi) is 2.24. The van der Waals surface area contributed by atoms with E-state index in [1.54, 1.807) is 0 Å². The molecule has 1 rings (SSSR count). The van der Waals surface area contributed by atoms with Crippen LogP contribution in [0.4, 0.5) is 0 Å². The van der Waals surface area contributed by atoms with Crippen LogP contribution >= 0.6 is 12.6 Å². The minimum Gasteiger partial charge on any atom is -0.480 e. The molecule has 2 nitrogen and oxygen atoms in total. The van der Waals surface area contributed by atoms with Gasteiger partial charge < -0.3 is 5.11 Å². The van der Waals surface area contributed by atoms with Crippen LogP contribution in [-0.4, -0.2) is 15.8 Å². The molecule has 0 aromatic rings. The molecule has 0 heterocycles. The summed E-state index contributed by atoms with van der Waals surface area (Å²) in [5.41, 5.74) is 0. The zero-order valence-electron chi connectivity index (χ0n) is 5.84. The van der Waals surface area contributed by atoms with Gasteiger partial charge in [0.05, 0.1) is 0 Å². The van der Waals surface area contributed by atoms with Crippen LogP contribution in [0, 0.1) is 0 Å². The number of thiol groups is 1. The number of aliphatic carboxylic acids is 1. The first-order valence-corrected chi connectivity index (χ1v) is 4.06. The van der Waals surface area contributed by atoms with Gasteiger partial charge >= 0.3 is 5.97 Å². The van der Waals surface area contributed by atoms with E-state index in [-0.39, 0.29) is 0 Å². The molecule has 0 aromatic carbocycles. The van der Waals surface area contributed by atoms with E-state index in [0.29, 0.717) is 0 Å². The number of hydrogen-bond acceptors (Lipinski definition) is 2. The zero-order chi connectivity index (χ0) is 7.61. The number of hydrogen-bond donors (Lipinski definition) is 2. The molecule has 10 heavy (non-hydrogen) atoms. The summed E-state index contributed by atoms with van der Waals surface area (Å²) in [5, 5.41) is 8.72. The van der Waals surface area contributed by atoms with Gasteiger partial charge in [-0.3, -0.25) is 4.79 Å². The van der Waals surface area contributed by atoms with Crippen LogP contribution in [-0.2, 0) is 4.79 Å². The predicted molar refractivity (Wildman–Crippen MR) is 42.4 cm³/mol. The first-order chi connectivity index (χ1) is 4.65. The molecule has 0 aliphatic heterocycles. The molecule has 0 radical (unpaired) electrons. The van der Waals surface area contributed by atoms with Gasteiger partial charge in [-0.15, -0.1) is 0 Å². The van der Waals surface area contributed by atoms with Crippen molar-refractivity contribution in [3.8, 4) is 0 Å². The lowest BCUT2D eigenvalue weighted by molar-refractivity contribution is -0.140. The van der Waals surface area contributed by atoms with E-state index in [4.69, 9.17) is 5.11 Å². The molecule has 0 amide bonds. The Hall–Kier alpha value is -0.180. The van der Waals surface area contributed by atoms with Gasteiger partial charge in [0.1, 0.15) is 4.75 Å². The van der Waals surface area contributed by atoms with E-state index in [1.807, 2.05) is 0 Å². The summed E-state index contributed by atoms with van der Waals surface area (Å²) < 4.78 is -0.710. The number of carboxylic acids is 1. The van der Waals surface area contributed by atoms with Crippen molar-refractivity contribution in [2.24, 2.45) is 0 Å². The maximum absolute atomic E-state index is 10.6. The highest BCUT2D eigenvalue weighted by molar-refractivity contribution is 7.82. The van der Waals surface area contributed by atoms with Gasteiger partial charge in [-0.25, -0.2) is 0 Å². The monoisotopic (exact) mass is 160 g/mol. The molecular weight excluding hydrogens is 148 g/mol. The van der Waals surface area contributed by atoms with Gasteiger partial charge in [0.2, 0.25) is 0 Å². The van der Waals surface area contributed by atoms with Crippen LogP contribution in [0.2, 0.25) is 0 Å². The second-order valence-corrected chi connectivity index (χ2v) is 3.75. The molecule has 0 atom stereocenters. The third-order valence-electron chi connectivity index (χ3n) is 2.08. The summed E-state index contributed by atoms with van der Waals surface area (Å²) in [5.74, 6) is -0.754. The summed E-state index contributed by atoms with van der Waals surface area (Å²) in [4.78, 5) is 10.6. The van der Waals surface area contributed by atoms with E-state index >= 15 is 0 Å². The lowest BCUT2D eigenvalue weighted by Crippen LogP contribution is -2.34. The van der Waals surface area contributed by atoms with Crippen LogP contribution in [0.25, 0.3) is 0 Å². The summed E-state index contributed by atoms with van der Waals surface area (Å²) in [6.45, 7) is 0. The molecule has 0 bridgehead atoms. The van der Waals surface area contributed by atoms with E-state index in [9.17, 15) is 4.79 Å². The van der Waals surface area contributed by atoms with Crippen LogP contribution in [0.1, 0.15) is 32.1 Å². The smallest absolute Gasteiger partial charge is 0.319 e. The van der Waals surface area contributed by atoms with E-state index in [2.05, 4.69) is 12.6 Å². The lowest BCUT2D eigenvalue weighted by Gasteiger charge is -2.27. The quantitative estimate of drug-likeness (QED) is 0.573. The third-order valence-corrected chi connectivity index (χ3v) is 2.72. The summed E-state index contributed by atoms with van der Waals surface area (Å²) >= 11 is 4.15. The van der Waals surface area contributed by atoms with E-state index < -0.39 is 10.7 Å². The normalized spacial score (nSPS) is 24.1. The molecule has 1 N–H and O–H groups in total. The van der Waals surface area contributed by atoms with Gasteiger partial charge in [0, 0.05) is 0 Å². The fourth-order valence-corrected chi connectivity index (χ4v) is 1.67. The maximum Gasteiger partial charge on any atom is 0.319 e. The van der Waals surface area contributed by atoms with Crippen molar-refractivity contribution in [3.05, 3.63) is 0 Å². The highest BCUT2D eigenvalue weighted by Crippen LogP contribution is 2.33. The van der Waals surface area contributed by atoms with Crippen molar-refractivity contribution in [2.45, 2.75) is 36.9 Å². The Balaban J connectivity index is 2.56. The predicted octanol–water partition coefficient (Wildman–Crippen LogP) is 1.70. The highest BCUT2D eigenvalue weighted by Gasteiger charge is 2.35. The molecule has 1 aliphatic rings. The maximum atomic E-state index is 10.6. The van der Waals surface area contributed by atoms with Crippen molar-refractivity contribution < 1.29 is 9.90 Å². The average molecular weight is 160 g/mol. The minimum absolute atomic E-state index is 0.710. The molecule has 0 unspecified atom stereocenters. The van der Waals surface area contributed by atoms with E-state index in [0.717, 1.165) is 32.1 Å². The second kappa shape index (κ2) is 2.82. The minimum atomic E-state index is -0.754. The van der Waals surface area contributed by atoms with Crippen molar-refractivity contribution in [2.75, 3.05) is 0 Å². The van der Waals surface area contributed by atoms with Crippen molar-refractivity contribution in [3.63, 3.8) is 0 Å². The summed E-state index contributed by atoms with van der Waals surface area (Å²) in [6.07, 6.45) is 4.64. The fraction of sp³-hybridized carbons (Fsp3) is 0.857. The lowest BCUT2D eigenvalue weighted by atomic mass is 9.88. The Bertz CT molecular complexity index is 139. The second-order valence-electron chi connectivity index (χ2n) is 2.90. The third kappa shape index (κ3) is 1.45. The first-order valence-electron chi connectivity index (χ1n) is 3.61. The van der Waals surface area contributed by atoms with Crippen LogP contribution in [0.5, 0.6) is 0 Å². The molecule has 1 aliphatic carbocycles. The average Bonchev–Trinajstić information content (AvgIpc) is 1.89. The van der Waals surface area contributed by atoms with Gasteiger partial charge in [-0.05, 0) is 12.8 Å². The number of carboxylic acid groups (broad SMARTS) is 1. The molecule has 0 saturated heterocycles. The summed E-state index contributed by atoms with van der Waals surface area (Å²) in [6, 6.07) is 0. The molecule has 0 spiro atoms. The van der Waals surface area contributed by atoms with Gasteiger partial charge in [-0.2, -0.15) is 12.6 Å². The SMILES string of the molecule is O=C(O)C1(S)CCCCC1.